The van der Waals surface area contributed by atoms with E-state index in [-0.39, 0.29) is 39.7 Å². The highest BCUT2D eigenvalue weighted by atomic mass is 35.5. The average Bonchev–Trinajstić information content (AvgIpc) is 2.93. The van der Waals surface area contributed by atoms with E-state index in [2.05, 4.69) is 5.32 Å². The smallest absolute Gasteiger partial charge is 0.264 e. The molecule has 0 unspecified atom stereocenters. The van der Waals surface area contributed by atoms with Crippen LogP contribution in [0.1, 0.15) is 31.9 Å². The minimum Gasteiger partial charge on any atom is -0.495 e. The number of nitrogens with one attached hydrogen (secondary N) is 1. The molecule has 0 saturated heterocycles. The fourth-order valence-electron chi connectivity index (χ4n) is 4.13. The van der Waals surface area contributed by atoms with Gasteiger partial charge in [0.2, 0.25) is 11.8 Å². The van der Waals surface area contributed by atoms with Crippen LogP contribution in [0, 0.1) is 12.8 Å². The highest BCUT2D eigenvalue weighted by molar-refractivity contribution is 7.92. The molecule has 0 aliphatic heterocycles. The predicted molar refractivity (Wildman–Crippen MR) is 158 cm³/mol. The number of hydrogen-bond acceptors (Lipinski definition) is 5. The second kappa shape index (κ2) is 13.7. The van der Waals surface area contributed by atoms with Gasteiger partial charge in [-0.15, -0.1) is 0 Å². The van der Waals surface area contributed by atoms with Gasteiger partial charge < -0.3 is 15.0 Å². The van der Waals surface area contributed by atoms with Crippen LogP contribution < -0.4 is 14.4 Å². The molecule has 3 rings (SSSR count). The summed E-state index contributed by atoms with van der Waals surface area (Å²) >= 11 is 6.26. The maximum atomic E-state index is 14.0. The number of amides is 2. The van der Waals surface area contributed by atoms with Crippen LogP contribution in [0.4, 0.5) is 5.69 Å². The minimum atomic E-state index is -4.23. The zero-order valence-electron chi connectivity index (χ0n) is 23.4. The first kappa shape index (κ1) is 31.0. The van der Waals surface area contributed by atoms with E-state index in [1.165, 1.54) is 30.2 Å². The Balaban J connectivity index is 2.07. The molecule has 0 spiro atoms. The van der Waals surface area contributed by atoms with Crippen LogP contribution in [-0.4, -0.2) is 51.4 Å². The van der Waals surface area contributed by atoms with Crippen LogP contribution in [0.15, 0.2) is 77.7 Å². The van der Waals surface area contributed by atoms with Crippen molar-refractivity contribution in [1.29, 1.82) is 0 Å². The number of rotatable bonds is 12. The Morgan fingerprint density at radius 3 is 2.30 bits per heavy atom. The lowest BCUT2D eigenvalue weighted by molar-refractivity contribution is -0.139. The monoisotopic (exact) mass is 585 g/mol. The van der Waals surface area contributed by atoms with E-state index in [0.717, 1.165) is 15.4 Å². The first-order chi connectivity index (χ1) is 18.9. The van der Waals surface area contributed by atoms with E-state index in [9.17, 15) is 18.0 Å². The van der Waals surface area contributed by atoms with Crippen molar-refractivity contribution in [3.8, 4) is 5.75 Å². The van der Waals surface area contributed by atoms with Gasteiger partial charge in [0.25, 0.3) is 10.0 Å². The molecule has 0 radical (unpaired) electrons. The van der Waals surface area contributed by atoms with Crippen molar-refractivity contribution in [2.45, 2.75) is 45.2 Å². The van der Waals surface area contributed by atoms with Crippen LogP contribution in [0.25, 0.3) is 0 Å². The van der Waals surface area contributed by atoms with Crippen molar-refractivity contribution in [3.05, 3.63) is 88.9 Å². The number of anilines is 1. The van der Waals surface area contributed by atoms with Crippen molar-refractivity contribution in [3.63, 3.8) is 0 Å². The summed E-state index contributed by atoms with van der Waals surface area (Å²) in [6, 6.07) is 19.1. The summed E-state index contributed by atoms with van der Waals surface area (Å²) in [5.74, 6) is -0.439. The van der Waals surface area contributed by atoms with E-state index in [1.54, 1.807) is 37.3 Å². The molecular weight excluding hydrogens is 550 g/mol. The summed E-state index contributed by atoms with van der Waals surface area (Å²) in [7, 11) is -2.82. The molecular formula is C30H36ClN3O5S. The molecule has 0 bridgehead atoms. The molecule has 0 saturated carbocycles. The fourth-order valence-corrected chi connectivity index (χ4v) is 5.74. The van der Waals surface area contributed by atoms with E-state index in [0.29, 0.717) is 6.54 Å². The van der Waals surface area contributed by atoms with Crippen molar-refractivity contribution >= 4 is 39.1 Å². The largest absolute Gasteiger partial charge is 0.495 e. The Kier molecular flexibility index (Phi) is 10.6. The lowest BCUT2D eigenvalue weighted by Crippen LogP contribution is -2.51. The second-order valence-corrected chi connectivity index (χ2v) is 12.3. The zero-order chi connectivity index (χ0) is 29.4. The zero-order valence-corrected chi connectivity index (χ0v) is 25.0. The number of nitrogens with zero attached hydrogens (tertiary/aromatic N) is 2. The first-order valence-corrected chi connectivity index (χ1v) is 14.8. The van der Waals surface area contributed by atoms with Crippen LogP contribution in [0.5, 0.6) is 5.75 Å². The van der Waals surface area contributed by atoms with Crippen LogP contribution in [0.3, 0.4) is 0 Å². The average molecular weight is 586 g/mol. The number of benzene rings is 3. The second-order valence-electron chi connectivity index (χ2n) is 9.97. The van der Waals surface area contributed by atoms with E-state index < -0.39 is 28.5 Å². The standard InChI is InChI=1S/C30H36ClN3O5S/c1-21(2)18-32-30(36)23(4)33(19-24-11-9-10-22(3)16-24)29(35)20-34(27-17-25(31)14-15-28(27)39-5)40(37,38)26-12-7-6-8-13-26/h6-17,21,23H,18-20H2,1-5H3,(H,32,36)/t23-/m0/s1. The van der Waals surface area contributed by atoms with Crippen molar-refractivity contribution < 1.29 is 22.7 Å². The number of ether oxygens (including phenoxy) is 1. The Bertz CT molecular complexity index is 1430. The Labute approximate surface area is 241 Å². The number of carbonyl (C=O) groups is 2. The van der Waals surface area contributed by atoms with Gasteiger partial charge in [0.05, 0.1) is 17.7 Å². The maximum Gasteiger partial charge on any atom is 0.264 e. The molecule has 3 aromatic carbocycles. The van der Waals surface area contributed by atoms with Gasteiger partial charge >= 0.3 is 0 Å². The number of sulfonamides is 1. The quantitative estimate of drug-likeness (QED) is 0.321. The van der Waals surface area contributed by atoms with E-state index in [4.69, 9.17) is 16.3 Å². The van der Waals surface area contributed by atoms with Gasteiger partial charge in [0.1, 0.15) is 18.3 Å². The SMILES string of the molecule is COc1ccc(Cl)cc1N(CC(=O)N(Cc1cccc(C)c1)[C@@H](C)C(=O)NCC(C)C)S(=O)(=O)c1ccccc1. The summed E-state index contributed by atoms with van der Waals surface area (Å²) in [4.78, 5) is 28.5. The Morgan fingerprint density at radius 2 is 1.68 bits per heavy atom. The van der Waals surface area contributed by atoms with Gasteiger partial charge in [0.15, 0.2) is 0 Å². The molecule has 1 N–H and O–H groups in total. The van der Waals surface area contributed by atoms with E-state index in [1.807, 2.05) is 45.0 Å². The Morgan fingerprint density at radius 1 is 0.975 bits per heavy atom. The number of methoxy groups -OCH3 is 1. The summed E-state index contributed by atoms with van der Waals surface area (Å²) in [5.41, 5.74) is 1.92. The molecule has 214 valence electrons. The highest BCUT2D eigenvalue weighted by Gasteiger charge is 2.34. The molecule has 10 heteroatoms. The highest BCUT2D eigenvalue weighted by Crippen LogP contribution is 2.35. The van der Waals surface area contributed by atoms with Gasteiger partial charge in [0, 0.05) is 18.1 Å². The third-order valence-corrected chi connectivity index (χ3v) is 8.32. The number of halogens is 1. The molecule has 0 aliphatic carbocycles. The third-order valence-electron chi connectivity index (χ3n) is 6.31. The minimum absolute atomic E-state index is 0.00205. The fraction of sp³-hybridized carbons (Fsp3) is 0.333. The summed E-state index contributed by atoms with van der Waals surface area (Å²) in [5, 5.41) is 3.15. The number of carbonyl (C=O) groups excluding carboxylic acids is 2. The van der Waals surface area contributed by atoms with Gasteiger partial charge in [-0.3, -0.25) is 13.9 Å². The van der Waals surface area contributed by atoms with Crippen LogP contribution in [0.2, 0.25) is 5.02 Å². The molecule has 8 nitrogen and oxygen atoms in total. The molecule has 1 atom stereocenters. The summed E-state index contributed by atoms with van der Waals surface area (Å²) in [6.07, 6.45) is 0. The van der Waals surface area contributed by atoms with Crippen molar-refractivity contribution in [2.75, 3.05) is 24.5 Å². The topological polar surface area (TPSA) is 96.0 Å². The van der Waals surface area contributed by atoms with Gasteiger partial charge in [-0.1, -0.05) is 73.5 Å². The normalized spacial score (nSPS) is 12.1. The van der Waals surface area contributed by atoms with E-state index >= 15 is 0 Å². The Hall–Kier alpha value is -3.56. The first-order valence-electron chi connectivity index (χ1n) is 13.0. The molecule has 0 aliphatic rings. The van der Waals surface area contributed by atoms with Crippen LogP contribution >= 0.6 is 11.6 Å². The molecule has 0 fully saturated rings. The van der Waals surface area contributed by atoms with Gasteiger partial charge in [-0.25, -0.2) is 8.42 Å². The molecule has 0 heterocycles. The number of aryl methyl sites for hydroxylation is 1. The molecule has 0 aromatic heterocycles. The van der Waals surface area contributed by atoms with Crippen molar-refractivity contribution in [1.82, 2.24) is 10.2 Å². The third kappa shape index (κ3) is 7.76. The molecule has 3 aromatic rings. The van der Waals surface area contributed by atoms with Crippen LogP contribution in [-0.2, 0) is 26.2 Å². The molecule has 40 heavy (non-hydrogen) atoms. The maximum absolute atomic E-state index is 14.0. The van der Waals surface area contributed by atoms with Crippen molar-refractivity contribution in [2.24, 2.45) is 5.92 Å². The molecule has 2 amide bonds. The lowest BCUT2D eigenvalue weighted by atomic mass is 10.1. The predicted octanol–water partition coefficient (Wildman–Crippen LogP) is 5.04. The van der Waals surface area contributed by atoms with Gasteiger partial charge in [-0.2, -0.15) is 0 Å². The van der Waals surface area contributed by atoms with Gasteiger partial charge in [-0.05, 0) is 55.7 Å². The number of hydrogen-bond donors (Lipinski definition) is 1. The summed E-state index contributed by atoms with van der Waals surface area (Å²) in [6.45, 7) is 7.51. The lowest BCUT2D eigenvalue weighted by Gasteiger charge is -2.32. The summed E-state index contributed by atoms with van der Waals surface area (Å²) < 4.78 is 34.3.